The van der Waals surface area contributed by atoms with Crippen LogP contribution in [0.25, 0.3) is 0 Å². The van der Waals surface area contributed by atoms with Gasteiger partial charge in [-0.1, -0.05) is 344 Å². The number of rotatable bonds is 75. The summed E-state index contributed by atoms with van der Waals surface area (Å²) in [5, 5.41) is 10.6. The maximum Gasteiger partial charge on any atom is 0.472 e. The largest absolute Gasteiger partial charge is 0.472 e. The first-order chi connectivity index (χ1) is 46.2. The van der Waals surface area contributed by atoms with E-state index in [0.717, 1.165) is 108 Å². The predicted molar refractivity (Wildman–Crippen MR) is 391 cm³/mol. The Morgan fingerprint density at radius 1 is 0.281 bits per heavy atom. The number of unbranched alkanes of at least 4 members (excludes halogenated alkanes) is 43. The van der Waals surface area contributed by atoms with Crippen LogP contribution < -0.4 is 0 Å². The minimum absolute atomic E-state index is 0.104. The van der Waals surface area contributed by atoms with Crippen LogP contribution in [0, 0.1) is 17.8 Å². The molecule has 0 spiro atoms. The first kappa shape index (κ1) is 94.1. The third kappa shape index (κ3) is 70.5. The van der Waals surface area contributed by atoms with Crippen LogP contribution in [0.3, 0.4) is 0 Å². The lowest BCUT2D eigenvalue weighted by Crippen LogP contribution is -2.30. The van der Waals surface area contributed by atoms with E-state index >= 15 is 0 Å². The van der Waals surface area contributed by atoms with Crippen LogP contribution in [-0.2, 0) is 65.4 Å². The summed E-state index contributed by atoms with van der Waals surface area (Å²) in [6.45, 7) is 11.9. The van der Waals surface area contributed by atoms with Gasteiger partial charge in [-0.3, -0.25) is 37.3 Å². The smallest absolute Gasteiger partial charge is 0.462 e. The van der Waals surface area contributed by atoms with Crippen molar-refractivity contribution >= 4 is 39.5 Å². The van der Waals surface area contributed by atoms with Crippen molar-refractivity contribution in [1.82, 2.24) is 0 Å². The van der Waals surface area contributed by atoms with Crippen LogP contribution >= 0.6 is 15.6 Å². The van der Waals surface area contributed by atoms with Crippen molar-refractivity contribution < 1.29 is 80.2 Å². The maximum atomic E-state index is 13.1. The van der Waals surface area contributed by atoms with Gasteiger partial charge in [0.15, 0.2) is 12.2 Å². The molecule has 96 heavy (non-hydrogen) atoms. The maximum absolute atomic E-state index is 13.1. The van der Waals surface area contributed by atoms with Gasteiger partial charge in [-0.25, -0.2) is 9.13 Å². The Bertz CT molecular complexity index is 1870. The summed E-state index contributed by atoms with van der Waals surface area (Å²) >= 11 is 0. The van der Waals surface area contributed by atoms with Gasteiger partial charge in [0.05, 0.1) is 26.4 Å². The number of aliphatic hydroxyl groups excluding tert-OH is 1. The van der Waals surface area contributed by atoms with Crippen molar-refractivity contribution in [2.24, 2.45) is 17.8 Å². The molecule has 2 unspecified atom stereocenters. The van der Waals surface area contributed by atoms with E-state index in [9.17, 15) is 43.2 Å². The van der Waals surface area contributed by atoms with Crippen molar-refractivity contribution in [3.8, 4) is 0 Å². The van der Waals surface area contributed by atoms with Crippen molar-refractivity contribution in [3.63, 3.8) is 0 Å². The second-order valence-electron chi connectivity index (χ2n) is 29.2. The van der Waals surface area contributed by atoms with E-state index in [1.54, 1.807) is 0 Å². The molecule has 3 N–H and O–H groups in total. The third-order valence-corrected chi connectivity index (χ3v) is 19.8. The Morgan fingerprint density at radius 3 is 0.708 bits per heavy atom. The Morgan fingerprint density at radius 2 is 0.479 bits per heavy atom. The number of phosphoric ester groups is 2. The molecule has 19 heteroatoms. The highest BCUT2D eigenvalue weighted by molar-refractivity contribution is 7.47. The van der Waals surface area contributed by atoms with Crippen LogP contribution in [-0.4, -0.2) is 96.7 Å². The van der Waals surface area contributed by atoms with Gasteiger partial charge in [0.1, 0.15) is 19.3 Å². The average Bonchev–Trinajstić information content (AvgIpc) is 2.00. The van der Waals surface area contributed by atoms with E-state index in [-0.39, 0.29) is 25.7 Å². The van der Waals surface area contributed by atoms with Gasteiger partial charge >= 0.3 is 39.5 Å². The average molecular weight is 1410 g/mol. The number of esters is 4. The van der Waals surface area contributed by atoms with Crippen LogP contribution in [0.4, 0.5) is 0 Å². The van der Waals surface area contributed by atoms with Crippen molar-refractivity contribution in [2.75, 3.05) is 39.6 Å². The van der Waals surface area contributed by atoms with Crippen LogP contribution in [0.15, 0.2) is 0 Å². The fourth-order valence-electron chi connectivity index (χ4n) is 11.8. The second kappa shape index (κ2) is 67.5. The van der Waals surface area contributed by atoms with Gasteiger partial charge in [0.25, 0.3) is 0 Å². The van der Waals surface area contributed by atoms with Gasteiger partial charge in [0, 0.05) is 25.7 Å². The molecule has 0 rings (SSSR count). The predicted octanol–water partition coefficient (Wildman–Crippen LogP) is 22.6. The summed E-state index contributed by atoms with van der Waals surface area (Å²) in [5.41, 5.74) is 0. The summed E-state index contributed by atoms with van der Waals surface area (Å²) in [7, 11) is -9.91. The number of ether oxygens (including phenoxy) is 4. The van der Waals surface area contributed by atoms with E-state index in [1.807, 2.05) is 0 Å². The number of hydrogen-bond acceptors (Lipinski definition) is 15. The zero-order chi connectivity index (χ0) is 70.9. The Kier molecular flexibility index (Phi) is 66.2. The minimum atomic E-state index is -4.96. The highest BCUT2D eigenvalue weighted by Crippen LogP contribution is 2.45. The molecule has 570 valence electrons. The molecule has 0 aromatic heterocycles. The highest BCUT2D eigenvalue weighted by atomic mass is 31.2. The summed E-state index contributed by atoms with van der Waals surface area (Å²) in [6, 6.07) is 0. The fraction of sp³-hybridized carbons (Fsp3) is 0.948. The SMILES string of the molecule is CCCCCCCCCCCC(=O)OC[C@H](COP(=O)(O)OC[C@H](O)COP(=O)(O)OC[C@@H](COC(=O)CCCCCCCCCCCCCCCCCC(C)C)OC(=O)CCCCCCCCCCCCCCCCCC(C)C)OC(=O)CCCCCCCCCCC(C)C. The molecule has 0 saturated carbocycles. The molecule has 0 aliphatic heterocycles. The van der Waals surface area contributed by atoms with E-state index in [2.05, 4.69) is 48.5 Å². The molecule has 0 fully saturated rings. The molecule has 0 amide bonds. The topological polar surface area (TPSA) is 237 Å². The quantitative estimate of drug-likeness (QED) is 0.0222. The summed E-state index contributed by atoms with van der Waals surface area (Å²) in [6.07, 6.45) is 54.2. The van der Waals surface area contributed by atoms with Crippen molar-refractivity contribution in [3.05, 3.63) is 0 Å². The van der Waals surface area contributed by atoms with Gasteiger partial charge in [-0.05, 0) is 43.4 Å². The molecule has 0 aliphatic rings. The highest BCUT2D eigenvalue weighted by Gasteiger charge is 2.30. The lowest BCUT2D eigenvalue weighted by Gasteiger charge is -2.21. The molecule has 0 heterocycles. The standard InChI is InChI=1S/C77H150O17P2/c1-8-9-10-11-12-27-37-44-51-58-74(79)87-64-73(94-77(82)61-54-47-40-33-32-36-43-50-57-70(6)7)67-92-96(85,86)90-63-71(78)62-89-95(83,84)91-66-72(93-76(81)60-53-46-39-31-26-22-18-14-16-20-24-29-35-42-49-56-69(4)5)65-88-75(80)59-52-45-38-30-25-21-17-13-15-19-23-28-34-41-48-55-68(2)3/h68-73,78H,8-67H2,1-7H3,(H,83,84)(H,85,86)/t71-,72-,73-/m1/s1. The van der Waals surface area contributed by atoms with E-state index < -0.39 is 97.5 Å². The van der Waals surface area contributed by atoms with Crippen LogP contribution in [0.2, 0.25) is 0 Å². The lowest BCUT2D eigenvalue weighted by atomic mass is 10.0. The fourth-order valence-corrected chi connectivity index (χ4v) is 13.4. The van der Waals surface area contributed by atoms with Crippen molar-refractivity contribution in [1.29, 1.82) is 0 Å². The number of aliphatic hydroxyl groups is 1. The number of phosphoric acid groups is 2. The molecule has 0 saturated heterocycles. The van der Waals surface area contributed by atoms with Gasteiger partial charge in [-0.15, -0.1) is 0 Å². The molecular weight excluding hydrogens is 1260 g/mol. The molecule has 17 nitrogen and oxygen atoms in total. The third-order valence-electron chi connectivity index (χ3n) is 17.9. The Hall–Kier alpha value is -1.94. The van der Waals surface area contributed by atoms with E-state index in [1.165, 1.54) is 205 Å². The first-order valence-corrected chi connectivity index (χ1v) is 42.8. The number of hydrogen-bond donors (Lipinski definition) is 3. The van der Waals surface area contributed by atoms with Gasteiger partial charge < -0.3 is 33.8 Å². The summed E-state index contributed by atoms with van der Waals surface area (Å²) < 4.78 is 68.5. The lowest BCUT2D eigenvalue weighted by molar-refractivity contribution is -0.161. The summed E-state index contributed by atoms with van der Waals surface area (Å²) in [5.74, 6) is 0.209. The molecule has 0 aromatic rings. The Balaban J connectivity index is 5.21. The van der Waals surface area contributed by atoms with Crippen LogP contribution in [0.1, 0.15) is 395 Å². The van der Waals surface area contributed by atoms with E-state index in [4.69, 9.17) is 37.0 Å². The second-order valence-corrected chi connectivity index (χ2v) is 32.1. The number of carbonyl (C=O) groups excluding carboxylic acids is 4. The molecule has 5 atom stereocenters. The van der Waals surface area contributed by atoms with Gasteiger partial charge in [0.2, 0.25) is 0 Å². The first-order valence-electron chi connectivity index (χ1n) is 39.8. The number of carbonyl (C=O) groups is 4. The monoisotopic (exact) mass is 1410 g/mol. The molecule has 0 radical (unpaired) electrons. The zero-order valence-corrected chi connectivity index (χ0v) is 64.6. The normalized spacial score (nSPS) is 14.1. The molecule has 0 aliphatic carbocycles. The minimum Gasteiger partial charge on any atom is -0.462 e. The van der Waals surface area contributed by atoms with Crippen molar-refractivity contribution in [2.45, 2.75) is 414 Å². The molecule has 0 aromatic carbocycles. The van der Waals surface area contributed by atoms with Gasteiger partial charge in [-0.2, -0.15) is 0 Å². The van der Waals surface area contributed by atoms with Crippen LogP contribution in [0.5, 0.6) is 0 Å². The Labute approximate surface area is 588 Å². The summed E-state index contributed by atoms with van der Waals surface area (Å²) in [4.78, 5) is 72.8. The zero-order valence-electron chi connectivity index (χ0n) is 62.8. The molecular formula is C77H150O17P2. The molecule has 0 bridgehead atoms. The van der Waals surface area contributed by atoms with E-state index in [0.29, 0.717) is 25.7 Å².